The van der Waals surface area contributed by atoms with Gasteiger partial charge in [-0.05, 0) is 52.1 Å². The minimum absolute atomic E-state index is 0. The van der Waals surface area contributed by atoms with Gasteiger partial charge >= 0.3 is 29.6 Å². The number of aliphatic carboxylic acids is 1. The van der Waals surface area contributed by atoms with Crippen molar-refractivity contribution >= 4 is 5.97 Å². The van der Waals surface area contributed by atoms with E-state index in [1.807, 2.05) is 0 Å². The molecule has 3 nitrogen and oxygen atoms in total. The van der Waals surface area contributed by atoms with Crippen molar-refractivity contribution in [3.05, 3.63) is 0 Å². The predicted octanol–water partition coefficient (Wildman–Crippen LogP) is 12.5. The van der Waals surface area contributed by atoms with Gasteiger partial charge < -0.3 is 14.8 Å². The summed E-state index contributed by atoms with van der Waals surface area (Å²) in [6, 6.07) is 0.482. The molecule has 0 spiro atoms. The van der Waals surface area contributed by atoms with Gasteiger partial charge in [0.05, 0.1) is 0 Å². The summed E-state index contributed by atoms with van der Waals surface area (Å²) in [6.07, 6.45) is 56.1. The molecule has 0 aliphatic heterocycles. The summed E-state index contributed by atoms with van der Waals surface area (Å²) in [5.41, 5.74) is 0. The van der Waals surface area contributed by atoms with Crippen LogP contribution in [0.2, 0.25) is 0 Å². The second-order valence-corrected chi connectivity index (χ2v) is 16.9. The Balaban J connectivity index is 0. The van der Waals surface area contributed by atoms with E-state index in [4.69, 9.17) is 0 Å². The molecule has 4 heteroatoms. The summed E-state index contributed by atoms with van der Waals surface area (Å²) >= 11 is 0. The van der Waals surface area contributed by atoms with Crippen LogP contribution in [-0.4, -0.2) is 30.0 Å². The minimum atomic E-state index is -0.897. The number of carboxylic acids is 1. The van der Waals surface area contributed by atoms with Crippen LogP contribution in [0, 0.1) is 0 Å². The van der Waals surface area contributed by atoms with Crippen molar-refractivity contribution in [1.29, 1.82) is 0 Å². The first-order valence-electron chi connectivity index (χ1n) is 24.1. The van der Waals surface area contributed by atoms with Crippen molar-refractivity contribution in [3.63, 3.8) is 0 Å². The van der Waals surface area contributed by atoms with Gasteiger partial charge in [-0.2, -0.15) is 0 Å². The molecule has 0 aliphatic carbocycles. The number of carbonyl (C=O) groups excluding carboxylic acids is 1. The number of hydrogen-bond donors (Lipinski definition) is 0. The number of rotatable bonds is 45. The minimum Gasteiger partial charge on any atom is -0.550 e. The molecule has 306 valence electrons. The maximum Gasteiger partial charge on any atom is 1.00 e. The average molecular weight is 742 g/mol. The topological polar surface area (TPSA) is 43.4 Å². The molecule has 1 atom stereocenters. The van der Waals surface area contributed by atoms with E-state index in [1.165, 1.54) is 257 Å². The number of hydrogen-bond acceptors (Lipinski definition) is 3. The predicted molar refractivity (Wildman–Crippen MR) is 227 cm³/mol. The average Bonchev–Trinajstić information content (AvgIpc) is 3.12. The summed E-state index contributed by atoms with van der Waals surface area (Å²) in [5, 5.41) is 10.9. The quantitative estimate of drug-likeness (QED) is 0.0461. The first-order chi connectivity index (χ1) is 25.1. The fourth-order valence-corrected chi connectivity index (χ4v) is 8.06. The summed E-state index contributed by atoms with van der Waals surface area (Å²) in [7, 11) is 0. The first kappa shape index (κ1) is 54.5. The zero-order valence-electron chi connectivity index (χ0n) is 36.7. The summed E-state index contributed by atoms with van der Waals surface area (Å²) in [5.74, 6) is -0.897. The standard InChI is InChI=1S/C48H97NO2.Na/c1-4-6-8-10-12-14-16-18-20-22-24-26-28-30-32-34-36-38-40-45-49(47(3)43-42-44-48(50)51)46-41-39-37-35-33-31-29-27-25-23-21-19-17-15-13-11-9-7-5-2;/h47H,4-46H2,1-3H3,(H,50,51);/q;+1/p-1. The summed E-state index contributed by atoms with van der Waals surface area (Å²) < 4.78 is 0. The molecule has 0 aromatic carbocycles. The summed E-state index contributed by atoms with van der Waals surface area (Å²) in [6.45, 7) is 9.29. The molecule has 52 heavy (non-hydrogen) atoms. The van der Waals surface area contributed by atoms with Crippen LogP contribution in [0.15, 0.2) is 0 Å². The Labute approximate surface area is 351 Å². The van der Waals surface area contributed by atoms with Gasteiger partial charge in [0.1, 0.15) is 0 Å². The number of carbonyl (C=O) groups is 1. The van der Waals surface area contributed by atoms with Crippen LogP contribution in [0.1, 0.15) is 284 Å². The van der Waals surface area contributed by atoms with E-state index in [1.54, 1.807) is 0 Å². The summed E-state index contributed by atoms with van der Waals surface area (Å²) in [4.78, 5) is 13.6. The van der Waals surface area contributed by atoms with Crippen molar-refractivity contribution in [2.24, 2.45) is 0 Å². The van der Waals surface area contributed by atoms with Gasteiger partial charge in [-0.25, -0.2) is 0 Å². The molecule has 0 radical (unpaired) electrons. The van der Waals surface area contributed by atoms with Crippen LogP contribution in [0.3, 0.4) is 0 Å². The van der Waals surface area contributed by atoms with Crippen LogP contribution < -0.4 is 34.7 Å². The molecule has 1 unspecified atom stereocenters. The molecule has 0 heterocycles. The van der Waals surface area contributed by atoms with Crippen molar-refractivity contribution in [1.82, 2.24) is 4.90 Å². The molecule has 0 amide bonds. The Morgan fingerprint density at radius 2 is 0.596 bits per heavy atom. The largest absolute Gasteiger partial charge is 1.00 e. The first-order valence-corrected chi connectivity index (χ1v) is 24.1. The fraction of sp³-hybridized carbons (Fsp3) is 0.979. The molecular formula is C48H96NNaO2. The Bertz CT molecular complexity index is 616. The van der Waals surface area contributed by atoms with E-state index in [0.717, 1.165) is 12.8 Å². The molecule has 0 bridgehead atoms. The maximum absolute atomic E-state index is 10.9. The monoisotopic (exact) mass is 742 g/mol. The van der Waals surface area contributed by atoms with Gasteiger partial charge in [0.2, 0.25) is 0 Å². The molecule has 0 saturated heterocycles. The maximum atomic E-state index is 10.9. The van der Waals surface area contributed by atoms with Gasteiger partial charge in [0, 0.05) is 12.0 Å². The molecule has 0 aromatic rings. The number of carboxylic acid groups (broad SMARTS) is 1. The van der Waals surface area contributed by atoms with Crippen LogP contribution >= 0.6 is 0 Å². The van der Waals surface area contributed by atoms with Crippen molar-refractivity contribution in [2.75, 3.05) is 13.1 Å². The Hall–Kier alpha value is 0.430. The Kier molecular flexibility index (Phi) is 49.9. The fourth-order valence-electron chi connectivity index (χ4n) is 8.06. The van der Waals surface area contributed by atoms with Crippen molar-refractivity contribution in [2.45, 2.75) is 290 Å². The van der Waals surface area contributed by atoms with Crippen LogP contribution in [0.5, 0.6) is 0 Å². The Morgan fingerprint density at radius 3 is 0.808 bits per heavy atom. The zero-order valence-corrected chi connectivity index (χ0v) is 38.7. The van der Waals surface area contributed by atoms with E-state index in [2.05, 4.69) is 25.7 Å². The van der Waals surface area contributed by atoms with E-state index in [0.29, 0.717) is 6.04 Å². The Morgan fingerprint density at radius 1 is 0.385 bits per heavy atom. The molecular weight excluding hydrogens is 646 g/mol. The number of unbranched alkanes of at least 4 members (excludes halogenated alkanes) is 36. The van der Waals surface area contributed by atoms with E-state index >= 15 is 0 Å². The second-order valence-electron chi connectivity index (χ2n) is 16.9. The van der Waals surface area contributed by atoms with Crippen LogP contribution in [0.4, 0.5) is 0 Å². The molecule has 0 rings (SSSR count). The van der Waals surface area contributed by atoms with Gasteiger partial charge in [0.15, 0.2) is 0 Å². The van der Waals surface area contributed by atoms with Gasteiger partial charge in [-0.15, -0.1) is 0 Å². The normalized spacial score (nSPS) is 12.1. The van der Waals surface area contributed by atoms with Gasteiger partial charge in [-0.1, -0.05) is 245 Å². The van der Waals surface area contributed by atoms with E-state index in [-0.39, 0.29) is 36.0 Å². The smallest absolute Gasteiger partial charge is 0.550 e. The molecule has 0 aliphatic rings. The van der Waals surface area contributed by atoms with Crippen LogP contribution in [0.25, 0.3) is 0 Å². The third kappa shape index (κ3) is 44.8. The second kappa shape index (κ2) is 47.6. The van der Waals surface area contributed by atoms with E-state index in [9.17, 15) is 9.90 Å². The molecule has 0 saturated carbocycles. The van der Waals surface area contributed by atoms with E-state index < -0.39 is 5.97 Å². The third-order valence-electron chi connectivity index (χ3n) is 11.7. The molecule has 0 aromatic heterocycles. The third-order valence-corrected chi connectivity index (χ3v) is 11.7. The zero-order chi connectivity index (χ0) is 37.1. The van der Waals surface area contributed by atoms with Gasteiger partial charge in [-0.3, -0.25) is 0 Å². The number of nitrogens with zero attached hydrogens (tertiary/aromatic N) is 1. The van der Waals surface area contributed by atoms with Crippen LogP contribution in [-0.2, 0) is 4.79 Å². The van der Waals surface area contributed by atoms with Crippen molar-refractivity contribution in [3.8, 4) is 0 Å². The SMILES string of the molecule is CCCCCCCCCCCCCCCCCCCCCN(CCCCCCCCCCCCCCCCCCCCC)C(C)CCCC(=O)[O-].[Na+]. The molecule has 0 fully saturated rings. The van der Waals surface area contributed by atoms with Crippen molar-refractivity contribution < 1.29 is 39.5 Å². The molecule has 0 N–H and O–H groups in total. The van der Waals surface area contributed by atoms with Gasteiger partial charge in [0.25, 0.3) is 0 Å².